The predicted octanol–water partition coefficient (Wildman–Crippen LogP) is 4.02. The minimum Gasteiger partial charge on any atom is -0.345 e. The monoisotopic (exact) mass is 365 g/mol. The van der Waals surface area contributed by atoms with Gasteiger partial charge in [-0.3, -0.25) is 4.79 Å². The quantitative estimate of drug-likeness (QED) is 0.573. The third-order valence-corrected chi connectivity index (χ3v) is 4.47. The van der Waals surface area contributed by atoms with Gasteiger partial charge in [0.25, 0.3) is 5.91 Å². The molecule has 7 heteroatoms. The zero-order valence-corrected chi connectivity index (χ0v) is 14.8. The molecule has 0 aliphatic carbocycles. The Kier molecular flexibility index (Phi) is 4.18. The Balaban J connectivity index is 1.59. The van der Waals surface area contributed by atoms with E-state index in [4.69, 9.17) is 11.6 Å². The Morgan fingerprint density at radius 2 is 2.08 bits per heavy atom. The van der Waals surface area contributed by atoms with Gasteiger partial charge in [-0.05, 0) is 36.8 Å². The molecule has 1 amide bonds. The highest BCUT2D eigenvalue weighted by Crippen LogP contribution is 2.20. The summed E-state index contributed by atoms with van der Waals surface area (Å²) in [6.45, 7) is 2.36. The van der Waals surface area contributed by atoms with E-state index in [0.717, 1.165) is 22.3 Å². The summed E-state index contributed by atoms with van der Waals surface area (Å²) < 4.78 is 1.74. The Morgan fingerprint density at radius 1 is 1.23 bits per heavy atom. The zero-order chi connectivity index (χ0) is 18.1. The van der Waals surface area contributed by atoms with Crippen LogP contribution in [0.1, 0.15) is 21.6 Å². The molecule has 2 aromatic heterocycles. The fraction of sp³-hybridized carbons (Fsp3) is 0.105. The number of aromatic amines is 1. The van der Waals surface area contributed by atoms with Gasteiger partial charge >= 0.3 is 0 Å². The lowest BCUT2D eigenvalue weighted by Gasteiger charge is -2.10. The zero-order valence-electron chi connectivity index (χ0n) is 14.0. The standard InChI is InChI=1S/C19H16ClN5O/c1-12-8-18(25(24-12)10-14-4-2-3-5-15(14)20)23-19(26)13-6-7-16-17(9-13)22-11-21-16/h2-9,11H,10H2,1H3,(H,21,22)(H,23,26). The molecule has 0 unspecified atom stereocenters. The first-order valence-corrected chi connectivity index (χ1v) is 8.50. The molecule has 130 valence electrons. The van der Waals surface area contributed by atoms with Crippen LogP contribution in [-0.2, 0) is 6.54 Å². The van der Waals surface area contributed by atoms with E-state index < -0.39 is 0 Å². The minimum absolute atomic E-state index is 0.207. The van der Waals surface area contributed by atoms with Crippen LogP contribution in [0.5, 0.6) is 0 Å². The molecule has 6 nitrogen and oxygen atoms in total. The average Bonchev–Trinajstić information content (AvgIpc) is 3.22. The van der Waals surface area contributed by atoms with Gasteiger partial charge in [0.15, 0.2) is 0 Å². The van der Waals surface area contributed by atoms with Gasteiger partial charge < -0.3 is 10.3 Å². The highest BCUT2D eigenvalue weighted by molar-refractivity contribution is 6.31. The number of aryl methyl sites for hydroxylation is 1. The summed E-state index contributed by atoms with van der Waals surface area (Å²) in [5, 5.41) is 8.06. The fourth-order valence-electron chi connectivity index (χ4n) is 2.82. The van der Waals surface area contributed by atoms with Crippen molar-refractivity contribution < 1.29 is 4.79 Å². The summed E-state index contributed by atoms with van der Waals surface area (Å²) >= 11 is 6.24. The van der Waals surface area contributed by atoms with Crippen molar-refractivity contribution in [3.63, 3.8) is 0 Å². The summed E-state index contributed by atoms with van der Waals surface area (Å²) in [5.41, 5.74) is 3.94. The minimum atomic E-state index is -0.207. The molecule has 0 bridgehead atoms. The van der Waals surface area contributed by atoms with Gasteiger partial charge in [-0.25, -0.2) is 9.67 Å². The molecule has 0 spiro atoms. The topological polar surface area (TPSA) is 75.6 Å². The van der Waals surface area contributed by atoms with Gasteiger partial charge in [0.2, 0.25) is 0 Å². The fourth-order valence-corrected chi connectivity index (χ4v) is 3.02. The number of halogens is 1. The lowest BCUT2D eigenvalue weighted by molar-refractivity contribution is 0.102. The van der Waals surface area contributed by atoms with E-state index in [9.17, 15) is 4.79 Å². The number of benzene rings is 2. The Labute approximate surface area is 154 Å². The maximum atomic E-state index is 12.6. The van der Waals surface area contributed by atoms with Gasteiger partial charge in [0.05, 0.1) is 29.6 Å². The number of fused-ring (bicyclic) bond motifs is 1. The van der Waals surface area contributed by atoms with Crippen molar-refractivity contribution in [2.24, 2.45) is 0 Å². The number of amides is 1. The van der Waals surface area contributed by atoms with Gasteiger partial charge in [0.1, 0.15) is 5.82 Å². The molecule has 0 saturated heterocycles. The molecule has 0 fully saturated rings. The second kappa shape index (κ2) is 6.65. The molecule has 4 aromatic rings. The third kappa shape index (κ3) is 3.19. The number of carbonyl (C=O) groups excluding carboxylic acids is 1. The summed E-state index contributed by atoms with van der Waals surface area (Å²) in [6.07, 6.45) is 1.61. The summed E-state index contributed by atoms with van der Waals surface area (Å²) in [4.78, 5) is 19.8. The Hall–Kier alpha value is -3.12. The van der Waals surface area contributed by atoms with Crippen LogP contribution in [-0.4, -0.2) is 25.7 Å². The smallest absolute Gasteiger partial charge is 0.256 e. The van der Waals surface area contributed by atoms with E-state index in [0.29, 0.717) is 22.9 Å². The third-order valence-electron chi connectivity index (χ3n) is 4.10. The first kappa shape index (κ1) is 16.4. The van der Waals surface area contributed by atoms with E-state index in [2.05, 4.69) is 20.4 Å². The molecule has 26 heavy (non-hydrogen) atoms. The number of H-pyrrole nitrogens is 1. The molecular weight excluding hydrogens is 350 g/mol. The number of nitrogens with one attached hydrogen (secondary N) is 2. The maximum absolute atomic E-state index is 12.6. The lowest BCUT2D eigenvalue weighted by Crippen LogP contribution is -2.16. The van der Waals surface area contributed by atoms with Crippen LogP contribution in [0.4, 0.5) is 5.82 Å². The van der Waals surface area contributed by atoms with Crippen LogP contribution < -0.4 is 5.32 Å². The summed E-state index contributed by atoms with van der Waals surface area (Å²) in [7, 11) is 0. The van der Waals surface area contributed by atoms with Crippen LogP contribution in [0.15, 0.2) is 54.9 Å². The average molecular weight is 366 g/mol. The Morgan fingerprint density at radius 3 is 2.92 bits per heavy atom. The number of anilines is 1. The van der Waals surface area contributed by atoms with Crippen LogP contribution >= 0.6 is 11.6 Å². The van der Waals surface area contributed by atoms with Crippen molar-refractivity contribution in [1.29, 1.82) is 0 Å². The second-order valence-electron chi connectivity index (χ2n) is 6.01. The molecule has 2 N–H and O–H groups in total. The van der Waals surface area contributed by atoms with Gasteiger partial charge in [-0.1, -0.05) is 29.8 Å². The predicted molar refractivity (Wildman–Crippen MR) is 102 cm³/mol. The van der Waals surface area contributed by atoms with Crippen molar-refractivity contribution in [2.75, 3.05) is 5.32 Å². The van der Waals surface area contributed by atoms with E-state index in [-0.39, 0.29) is 5.91 Å². The molecule has 0 aliphatic rings. The van der Waals surface area contributed by atoms with Crippen LogP contribution in [0.3, 0.4) is 0 Å². The molecular formula is C19H16ClN5O. The highest BCUT2D eigenvalue weighted by Gasteiger charge is 2.13. The number of hydrogen-bond acceptors (Lipinski definition) is 3. The van der Waals surface area contributed by atoms with Crippen molar-refractivity contribution >= 4 is 34.4 Å². The first-order chi connectivity index (χ1) is 12.6. The van der Waals surface area contributed by atoms with Gasteiger partial charge in [-0.2, -0.15) is 5.10 Å². The number of nitrogens with zero attached hydrogens (tertiary/aromatic N) is 3. The van der Waals surface area contributed by atoms with Crippen molar-refractivity contribution in [3.8, 4) is 0 Å². The largest absolute Gasteiger partial charge is 0.345 e. The van der Waals surface area contributed by atoms with E-state index in [1.165, 1.54) is 0 Å². The number of carbonyl (C=O) groups is 1. The SMILES string of the molecule is Cc1cc(NC(=O)c2ccc3nc[nH]c3c2)n(Cc2ccccc2Cl)n1. The molecule has 0 aliphatic heterocycles. The number of imidazole rings is 1. The van der Waals surface area contributed by atoms with Gasteiger partial charge in [0, 0.05) is 16.7 Å². The molecule has 4 rings (SSSR count). The highest BCUT2D eigenvalue weighted by atomic mass is 35.5. The molecule has 0 atom stereocenters. The van der Waals surface area contributed by atoms with Crippen LogP contribution in [0.25, 0.3) is 11.0 Å². The van der Waals surface area contributed by atoms with E-state index >= 15 is 0 Å². The van der Waals surface area contributed by atoms with Crippen molar-refractivity contribution in [1.82, 2.24) is 19.7 Å². The first-order valence-electron chi connectivity index (χ1n) is 8.12. The summed E-state index contributed by atoms with van der Waals surface area (Å²) in [6, 6.07) is 14.8. The van der Waals surface area contributed by atoms with Crippen molar-refractivity contribution in [2.45, 2.75) is 13.5 Å². The van der Waals surface area contributed by atoms with Gasteiger partial charge in [-0.15, -0.1) is 0 Å². The van der Waals surface area contributed by atoms with Crippen molar-refractivity contribution in [3.05, 3.63) is 76.7 Å². The van der Waals surface area contributed by atoms with E-state index in [1.54, 1.807) is 23.1 Å². The van der Waals surface area contributed by atoms with Crippen LogP contribution in [0.2, 0.25) is 5.02 Å². The summed E-state index contributed by atoms with van der Waals surface area (Å²) in [5.74, 6) is 0.416. The Bertz CT molecular complexity index is 1100. The van der Waals surface area contributed by atoms with E-state index in [1.807, 2.05) is 43.3 Å². The number of aromatic nitrogens is 4. The second-order valence-corrected chi connectivity index (χ2v) is 6.42. The molecule has 2 aromatic carbocycles. The number of rotatable bonds is 4. The molecule has 2 heterocycles. The molecule has 0 radical (unpaired) electrons. The molecule has 0 saturated carbocycles. The normalized spacial score (nSPS) is 11.0. The maximum Gasteiger partial charge on any atom is 0.256 e. The number of hydrogen-bond donors (Lipinski definition) is 2. The van der Waals surface area contributed by atoms with Crippen LogP contribution in [0, 0.1) is 6.92 Å². The lowest BCUT2D eigenvalue weighted by atomic mass is 10.2.